The molecule has 2 rings (SSSR count). The Bertz CT molecular complexity index is 630. The molecule has 5 heteroatoms. The van der Waals surface area contributed by atoms with Gasteiger partial charge in [-0.1, -0.05) is 42.5 Å². The first-order valence-electron chi connectivity index (χ1n) is 7.36. The molecule has 0 radical (unpaired) electrons. The largest absolute Gasteiger partial charge is 0.377 e. The van der Waals surface area contributed by atoms with Crippen LogP contribution in [0.4, 0.5) is 5.69 Å². The molecule has 0 aromatic heterocycles. The van der Waals surface area contributed by atoms with Crippen LogP contribution < -0.4 is 11.1 Å². The molecule has 0 aliphatic carbocycles. The van der Waals surface area contributed by atoms with E-state index >= 15 is 0 Å². The van der Waals surface area contributed by atoms with Gasteiger partial charge in [-0.15, -0.1) is 12.4 Å². The van der Waals surface area contributed by atoms with Crippen LogP contribution in [0.25, 0.3) is 0 Å². The molecule has 2 aromatic carbocycles. The summed E-state index contributed by atoms with van der Waals surface area (Å²) in [6, 6.07) is 16.9. The van der Waals surface area contributed by atoms with Crippen molar-refractivity contribution < 1.29 is 9.53 Å². The number of carbonyl (C=O) groups excluding carboxylic acids is 1. The van der Waals surface area contributed by atoms with Crippen molar-refractivity contribution in [1.82, 2.24) is 0 Å². The average Bonchev–Trinajstić information content (AvgIpc) is 2.54. The summed E-state index contributed by atoms with van der Waals surface area (Å²) in [5.74, 6) is -0.243. The Balaban J connectivity index is 0.00000264. The summed E-state index contributed by atoms with van der Waals surface area (Å²) in [5, 5.41) is 2.88. The molecular formula is C18H23ClN2O2. The Kier molecular flexibility index (Phi) is 7.23. The minimum Gasteiger partial charge on any atom is -0.377 e. The van der Waals surface area contributed by atoms with Crippen LogP contribution in [-0.2, 0) is 21.7 Å². The number of anilines is 1. The normalized spacial score (nSPS) is 12.8. The zero-order valence-corrected chi connectivity index (χ0v) is 14.2. The van der Waals surface area contributed by atoms with E-state index in [9.17, 15) is 4.79 Å². The van der Waals surface area contributed by atoms with E-state index in [2.05, 4.69) is 5.32 Å². The number of halogens is 1. The maximum atomic E-state index is 12.5. The summed E-state index contributed by atoms with van der Waals surface area (Å²) in [7, 11) is 0. The number of rotatable bonds is 6. The van der Waals surface area contributed by atoms with Gasteiger partial charge in [0.2, 0.25) is 5.91 Å². The van der Waals surface area contributed by atoms with E-state index in [0.29, 0.717) is 13.2 Å². The molecule has 1 atom stereocenters. The number of amides is 1. The lowest BCUT2D eigenvalue weighted by Gasteiger charge is -2.24. The summed E-state index contributed by atoms with van der Waals surface area (Å²) in [6.07, 6.45) is 0. The van der Waals surface area contributed by atoms with E-state index in [1.807, 2.05) is 61.5 Å². The molecule has 23 heavy (non-hydrogen) atoms. The van der Waals surface area contributed by atoms with Crippen molar-refractivity contribution in [1.29, 1.82) is 0 Å². The highest BCUT2D eigenvalue weighted by atomic mass is 35.5. The van der Waals surface area contributed by atoms with Gasteiger partial charge in [-0.05, 0) is 37.1 Å². The molecule has 4 nitrogen and oxygen atoms in total. The second kappa shape index (κ2) is 8.67. The standard InChI is InChI=1S/C18H22N2O2.ClH/c1-3-22-13-14-8-7-11-16(12-14)20-17(21)18(2,19)15-9-5-4-6-10-15;/h4-12H,3,13,19H2,1-2H3,(H,20,21);1H. The Morgan fingerprint density at radius 3 is 2.52 bits per heavy atom. The molecule has 3 N–H and O–H groups in total. The maximum Gasteiger partial charge on any atom is 0.248 e. The second-order valence-electron chi connectivity index (χ2n) is 5.36. The third-order valence-electron chi connectivity index (χ3n) is 3.50. The van der Waals surface area contributed by atoms with Crippen molar-refractivity contribution in [3.63, 3.8) is 0 Å². The van der Waals surface area contributed by atoms with Crippen LogP contribution in [-0.4, -0.2) is 12.5 Å². The second-order valence-corrected chi connectivity index (χ2v) is 5.36. The number of benzene rings is 2. The molecule has 0 fully saturated rings. The van der Waals surface area contributed by atoms with Crippen molar-refractivity contribution >= 4 is 24.0 Å². The van der Waals surface area contributed by atoms with Gasteiger partial charge in [-0.3, -0.25) is 4.79 Å². The molecular weight excluding hydrogens is 312 g/mol. The summed E-state index contributed by atoms with van der Waals surface area (Å²) in [4.78, 5) is 12.5. The fourth-order valence-electron chi connectivity index (χ4n) is 2.14. The lowest BCUT2D eigenvalue weighted by Crippen LogP contribution is -2.45. The quantitative estimate of drug-likeness (QED) is 0.850. The molecule has 0 aliphatic heterocycles. The molecule has 0 saturated carbocycles. The SMILES string of the molecule is CCOCc1cccc(NC(=O)C(C)(N)c2ccccc2)c1.Cl. The first kappa shape index (κ1) is 19.2. The minimum atomic E-state index is -1.09. The molecule has 0 heterocycles. The van der Waals surface area contributed by atoms with Crippen LogP contribution in [0.3, 0.4) is 0 Å². The number of nitrogens with one attached hydrogen (secondary N) is 1. The van der Waals surface area contributed by atoms with Crippen LogP contribution in [0.1, 0.15) is 25.0 Å². The summed E-state index contributed by atoms with van der Waals surface area (Å²) in [6.45, 7) is 4.84. The van der Waals surface area contributed by atoms with Crippen molar-refractivity contribution in [3.8, 4) is 0 Å². The third kappa shape index (κ3) is 5.06. The Morgan fingerprint density at radius 2 is 1.87 bits per heavy atom. The smallest absolute Gasteiger partial charge is 0.248 e. The summed E-state index contributed by atoms with van der Waals surface area (Å²) >= 11 is 0. The van der Waals surface area contributed by atoms with E-state index in [0.717, 1.165) is 16.8 Å². The van der Waals surface area contributed by atoms with E-state index < -0.39 is 5.54 Å². The number of hydrogen-bond acceptors (Lipinski definition) is 3. The van der Waals surface area contributed by atoms with Gasteiger partial charge in [-0.2, -0.15) is 0 Å². The molecule has 0 bridgehead atoms. The van der Waals surface area contributed by atoms with Gasteiger partial charge in [0.25, 0.3) is 0 Å². The monoisotopic (exact) mass is 334 g/mol. The van der Waals surface area contributed by atoms with Crippen molar-refractivity contribution in [2.24, 2.45) is 5.73 Å². The van der Waals surface area contributed by atoms with Crippen LogP contribution in [0, 0.1) is 0 Å². The van der Waals surface area contributed by atoms with Gasteiger partial charge >= 0.3 is 0 Å². The van der Waals surface area contributed by atoms with E-state index in [-0.39, 0.29) is 18.3 Å². The van der Waals surface area contributed by atoms with E-state index in [4.69, 9.17) is 10.5 Å². The van der Waals surface area contributed by atoms with Crippen LogP contribution in [0.5, 0.6) is 0 Å². The topological polar surface area (TPSA) is 64.3 Å². The highest BCUT2D eigenvalue weighted by Gasteiger charge is 2.30. The first-order valence-corrected chi connectivity index (χ1v) is 7.36. The molecule has 2 aromatic rings. The van der Waals surface area contributed by atoms with Crippen molar-refractivity contribution in [2.75, 3.05) is 11.9 Å². The highest BCUT2D eigenvalue weighted by molar-refractivity contribution is 5.98. The van der Waals surface area contributed by atoms with Crippen LogP contribution in [0.15, 0.2) is 54.6 Å². The zero-order valence-electron chi connectivity index (χ0n) is 13.4. The Labute approximate surface area is 143 Å². The van der Waals surface area contributed by atoms with Crippen LogP contribution in [0.2, 0.25) is 0 Å². The molecule has 0 aliphatic rings. The average molecular weight is 335 g/mol. The van der Waals surface area contributed by atoms with Crippen LogP contribution >= 0.6 is 12.4 Å². The van der Waals surface area contributed by atoms with Gasteiger partial charge in [0.05, 0.1) is 6.61 Å². The molecule has 1 amide bonds. The predicted molar refractivity (Wildman–Crippen MR) is 95.6 cm³/mol. The number of nitrogens with two attached hydrogens (primary N) is 1. The Hall–Kier alpha value is -1.88. The fourth-order valence-corrected chi connectivity index (χ4v) is 2.14. The fraction of sp³-hybridized carbons (Fsp3) is 0.278. The first-order chi connectivity index (χ1) is 10.5. The zero-order chi connectivity index (χ0) is 16.0. The predicted octanol–water partition coefficient (Wildman–Crippen LogP) is 3.46. The summed E-state index contributed by atoms with van der Waals surface area (Å²) in [5.41, 5.74) is 7.63. The van der Waals surface area contributed by atoms with Gasteiger partial charge in [-0.25, -0.2) is 0 Å². The third-order valence-corrected chi connectivity index (χ3v) is 3.50. The molecule has 0 saturated heterocycles. The van der Waals surface area contributed by atoms with Crippen molar-refractivity contribution in [3.05, 3.63) is 65.7 Å². The number of carbonyl (C=O) groups is 1. The number of ether oxygens (including phenoxy) is 1. The number of hydrogen-bond donors (Lipinski definition) is 2. The minimum absolute atomic E-state index is 0. The Morgan fingerprint density at radius 1 is 1.17 bits per heavy atom. The molecule has 124 valence electrons. The molecule has 0 spiro atoms. The lowest BCUT2D eigenvalue weighted by atomic mass is 9.92. The van der Waals surface area contributed by atoms with Gasteiger partial charge in [0.1, 0.15) is 5.54 Å². The van der Waals surface area contributed by atoms with Gasteiger partial charge < -0.3 is 15.8 Å². The maximum absolute atomic E-state index is 12.5. The van der Waals surface area contributed by atoms with E-state index in [1.165, 1.54) is 0 Å². The van der Waals surface area contributed by atoms with Gasteiger partial charge in [0, 0.05) is 12.3 Å². The van der Waals surface area contributed by atoms with E-state index in [1.54, 1.807) is 6.92 Å². The highest BCUT2D eigenvalue weighted by Crippen LogP contribution is 2.20. The molecule has 1 unspecified atom stereocenters. The summed E-state index contributed by atoms with van der Waals surface area (Å²) < 4.78 is 5.38. The lowest BCUT2D eigenvalue weighted by molar-refractivity contribution is -0.120. The van der Waals surface area contributed by atoms with Crippen molar-refractivity contribution in [2.45, 2.75) is 26.0 Å². The van der Waals surface area contributed by atoms with Gasteiger partial charge in [0.15, 0.2) is 0 Å².